The summed E-state index contributed by atoms with van der Waals surface area (Å²) in [7, 11) is 0.412. The minimum atomic E-state index is -1.06. The number of nitrogens with one attached hydrogen (secondary N) is 4. The van der Waals surface area contributed by atoms with Gasteiger partial charge in [0.1, 0.15) is 18.1 Å². The van der Waals surface area contributed by atoms with Crippen LogP contribution in [0.2, 0.25) is 0 Å². The third kappa shape index (κ3) is 8.09. The highest BCUT2D eigenvalue weighted by Gasteiger charge is 2.68. The van der Waals surface area contributed by atoms with E-state index in [1.807, 2.05) is 30.3 Å². The largest absolute Gasteiger partial charge is 0.481 e. The summed E-state index contributed by atoms with van der Waals surface area (Å²) in [6.45, 7) is 11.6. The fourth-order valence-corrected chi connectivity index (χ4v) is 7.37. The van der Waals surface area contributed by atoms with Crippen LogP contribution in [0.4, 0.5) is 4.79 Å². The number of nitrogens with two attached hydrogens (primary N) is 1. The van der Waals surface area contributed by atoms with E-state index in [4.69, 9.17) is 15.0 Å². The minimum Gasteiger partial charge on any atom is -0.453 e. The number of benzene rings is 1. The maximum Gasteiger partial charge on any atom is 0.481 e. The molecule has 47 heavy (non-hydrogen) atoms. The standard InChI is InChI=1S/C33H50BN5O8/c1-18(2)27(39-31(44)45-7)30(43)37-22(15-20-11-9-8-10-12-20)29(42)36-19(3)28(41)38-25(13-14-26(35)40)34-46-24-17-21-16-23(32(21,4)5)33(24,6)47-34/h8-12,18-19,21-25,27H,13-17H2,1-7H3,(H2,35,40)(H,36,42)(H,37,43)(H,38,41)(H,39,44)/t19-,21-,22?,23-,24+,25+,27-,33-/m0/s1. The molecule has 0 spiro atoms. The zero-order valence-corrected chi connectivity index (χ0v) is 28.5. The molecule has 258 valence electrons. The maximum absolute atomic E-state index is 13.6. The molecule has 1 aromatic carbocycles. The first-order valence-corrected chi connectivity index (χ1v) is 16.5. The normalized spacial score (nSPS) is 26.5. The van der Waals surface area contributed by atoms with E-state index in [-0.39, 0.29) is 36.7 Å². The molecule has 0 aromatic heterocycles. The van der Waals surface area contributed by atoms with Crippen molar-refractivity contribution in [3.63, 3.8) is 0 Å². The van der Waals surface area contributed by atoms with E-state index in [0.717, 1.165) is 18.4 Å². The van der Waals surface area contributed by atoms with Gasteiger partial charge in [0.2, 0.25) is 23.6 Å². The van der Waals surface area contributed by atoms with Crippen LogP contribution in [0, 0.1) is 23.2 Å². The number of primary amides is 1. The van der Waals surface area contributed by atoms with Crippen molar-refractivity contribution >= 4 is 36.8 Å². The van der Waals surface area contributed by atoms with Crippen LogP contribution in [0.1, 0.15) is 72.8 Å². The smallest absolute Gasteiger partial charge is 0.453 e. The molecule has 3 aliphatic carbocycles. The highest BCUT2D eigenvalue weighted by atomic mass is 16.7. The van der Waals surface area contributed by atoms with Crippen molar-refractivity contribution in [2.45, 2.75) is 109 Å². The first-order chi connectivity index (χ1) is 22.1. The predicted molar refractivity (Wildman–Crippen MR) is 174 cm³/mol. The Hall–Kier alpha value is -3.65. The fraction of sp³-hybridized carbons (Fsp3) is 0.667. The van der Waals surface area contributed by atoms with Crippen LogP contribution in [-0.2, 0) is 39.6 Å². The van der Waals surface area contributed by atoms with Crippen molar-refractivity contribution in [2.75, 3.05) is 7.11 Å². The Bertz CT molecular complexity index is 1330. The number of alkyl carbamates (subject to hydrolysis) is 1. The quantitative estimate of drug-likeness (QED) is 0.187. The number of carbonyl (C=O) groups is 5. The molecule has 2 bridgehead atoms. The summed E-state index contributed by atoms with van der Waals surface area (Å²) in [5.41, 5.74) is 5.85. The third-order valence-electron chi connectivity index (χ3n) is 10.4. The Morgan fingerprint density at radius 1 is 0.957 bits per heavy atom. The topological polar surface area (TPSA) is 187 Å². The summed E-state index contributed by atoms with van der Waals surface area (Å²) in [6.07, 6.45) is 1.37. The summed E-state index contributed by atoms with van der Waals surface area (Å²) in [6, 6.07) is 6.07. The van der Waals surface area contributed by atoms with Crippen LogP contribution in [0.3, 0.4) is 0 Å². The van der Waals surface area contributed by atoms with Crippen molar-refractivity contribution in [1.29, 1.82) is 0 Å². The van der Waals surface area contributed by atoms with Gasteiger partial charge in [-0.25, -0.2) is 4.79 Å². The molecule has 4 aliphatic rings. The van der Waals surface area contributed by atoms with Crippen molar-refractivity contribution in [1.82, 2.24) is 21.3 Å². The van der Waals surface area contributed by atoms with Crippen LogP contribution in [-0.4, -0.2) is 79.7 Å². The molecular formula is C33H50BN5O8. The molecule has 14 heteroatoms. The predicted octanol–water partition coefficient (Wildman–Crippen LogP) is 1.62. The Kier molecular flexibility index (Phi) is 11.3. The van der Waals surface area contributed by atoms with Crippen LogP contribution < -0.4 is 27.0 Å². The summed E-state index contributed by atoms with van der Waals surface area (Å²) in [5, 5.41) is 10.9. The second-order valence-corrected chi connectivity index (χ2v) is 14.3. The average molecular weight is 656 g/mol. The van der Waals surface area contributed by atoms with Crippen LogP contribution in [0.25, 0.3) is 0 Å². The molecule has 1 aliphatic heterocycles. The van der Waals surface area contributed by atoms with Gasteiger partial charge in [-0.3, -0.25) is 19.2 Å². The summed E-state index contributed by atoms with van der Waals surface area (Å²) < 4.78 is 17.6. The molecule has 1 unspecified atom stereocenters. The van der Waals surface area contributed by atoms with Gasteiger partial charge in [0, 0.05) is 12.8 Å². The number of methoxy groups -OCH3 is 1. The van der Waals surface area contributed by atoms with Crippen molar-refractivity contribution in [3.8, 4) is 0 Å². The van der Waals surface area contributed by atoms with E-state index in [0.29, 0.717) is 11.8 Å². The zero-order valence-electron chi connectivity index (χ0n) is 28.5. The third-order valence-corrected chi connectivity index (χ3v) is 10.4. The molecule has 0 radical (unpaired) electrons. The van der Waals surface area contributed by atoms with Crippen molar-refractivity contribution < 1.29 is 38.0 Å². The molecule has 6 N–H and O–H groups in total. The van der Waals surface area contributed by atoms with Crippen LogP contribution >= 0.6 is 0 Å². The van der Waals surface area contributed by atoms with E-state index >= 15 is 0 Å². The van der Waals surface area contributed by atoms with Gasteiger partial charge in [0.25, 0.3) is 0 Å². The van der Waals surface area contributed by atoms with Crippen molar-refractivity contribution in [2.24, 2.45) is 28.9 Å². The van der Waals surface area contributed by atoms with Gasteiger partial charge in [0.15, 0.2) is 0 Å². The Morgan fingerprint density at radius 3 is 2.23 bits per heavy atom. The average Bonchev–Trinajstić information content (AvgIpc) is 3.38. The molecule has 1 aromatic rings. The molecule has 1 heterocycles. The van der Waals surface area contributed by atoms with Gasteiger partial charge >= 0.3 is 13.2 Å². The van der Waals surface area contributed by atoms with Crippen LogP contribution in [0.5, 0.6) is 0 Å². The second kappa shape index (κ2) is 14.6. The van der Waals surface area contributed by atoms with Gasteiger partial charge in [-0.15, -0.1) is 0 Å². The fourth-order valence-electron chi connectivity index (χ4n) is 7.37. The first-order valence-electron chi connectivity index (χ1n) is 16.5. The lowest BCUT2D eigenvalue weighted by atomic mass is 9.43. The van der Waals surface area contributed by atoms with E-state index in [1.165, 1.54) is 14.0 Å². The summed E-state index contributed by atoms with van der Waals surface area (Å²) >= 11 is 0. The van der Waals surface area contributed by atoms with Gasteiger partial charge in [-0.1, -0.05) is 58.0 Å². The highest BCUT2D eigenvalue weighted by Crippen LogP contribution is 2.65. The Balaban J connectivity index is 1.45. The van der Waals surface area contributed by atoms with E-state index < -0.39 is 66.5 Å². The Morgan fingerprint density at radius 2 is 1.64 bits per heavy atom. The zero-order chi connectivity index (χ0) is 34.7. The van der Waals surface area contributed by atoms with E-state index in [9.17, 15) is 24.0 Å². The molecule has 13 nitrogen and oxygen atoms in total. The number of ether oxygens (including phenoxy) is 1. The lowest BCUT2D eigenvalue weighted by Gasteiger charge is -2.64. The number of amides is 5. The van der Waals surface area contributed by atoms with E-state index in [2.05, 4.69) is 46.8 Å². The van der Waals surface area contributed by atoms with Crippen LogP contribution in [0.15, 0.2) is 30.3 Å². The minimum absolute atomic E-state index is 0.00957. The highest BCUT2D eigenvalue weighted by molar-refractivity contribution is 6.48. The SMILES string of the molecule is COC(=O)N[C@H](C(=O)NC(Cc1ccccc1)C(=O)N[C@@H](C)C(=O)N[C@H](CCC(N)=O)B1O[C@@H]2C[C@@H]3C[C@@H](C3(C)C)[C@]2(C)O1)C(C)C. The number of hydrogen-bond acceptors (Lipinski definition) is 8. The summed E-state index contributed by atoms with van der Waals surface area (Å²) in [5.74, 6) is -2.33. The maximum atomic E-state index is 13.6. The lowest BCUT2D eigenvalue weighted by Crippen LogP contribution is -2.65. The Labute approximate surface area is 277 Å². The molecule has 4 fully saturated rings. The molecule has 3 saturated carbocycles. The molecular weight excluding hydrogens is 605 g/mol. The number of hydrogen-bond donors (Lipinski definition) is 5. The van der Waals surface area contributed by atoms with Gasteiger partial charge < -0.3 is 41.0 Å². The molecule has 8 atom stereocenters. The number of carbonyl (C=O) groups excluding carboxylic acids is 5. The first kappa shape index (κ1) is 36.2. The van der Waals surface area contributed by atoms with Gasteiger partial charge in [-0.2, -0.15) is 0 Å². The molecule has 1 saturated heterocycles. The van der Waals surface area contributed by atoms with Crippen molar-refractivity contribution in [3.05, 3.63) is 35.9 Å². The van der Waals surface area contributed by atoms with Gasteiger partial charge in [-0.05, 0) is 61.8 Å². The summed E-state index contributed by atoms with van der Waals surface area (Å²) in [4.78, 5) is 64.0. The van der Waals surface area contributed by atoms with Gasteiger partial charge in [0.05, 0.1) is 24.8 Å². The monoisotopic (exact) mass is 655 g/mol. The molecule has 5 amide bonds. The lowest BCUT2D eigenvalue weighted by molar-refractivity contribution is -0.199. The van der Waals surface area contributed by atoms with E-state index in [1.54, 1.807) is 13.8 Å². The number of rotatable bonds is 14. The second-order valence-electron chi connectivity index (χ2n) is 14.3. The molecule has 5 rings (SSSR count).